The van der Waals surface area contributed by atoms with Crippen molar-refractivity contribution in [1.82, 2.24) is 0 Å². The van der Waals surface area contributed by atoms with Crippen LogP contribution < -0.4 is 9.47 Å². The van der Waals surface area contributed by atoms with Gasteiger partial charge in [0.15, 0.2) is 11.5 Å². The molecule has 30 heavy (non-hydrogen) atoms. The number of halogens is 4. The summed E-state index contributed by atoms with van der Waals surface area (Å²) in [6.45, 7) is -0.326. The first-order chi connectivity index (χ1) is 14.0. The lowest BCUT2D eigenvalue weighted by Gasteiger charge is -2.28. The lowest BCUT2D eigenvalue weighted by atomic mass is 9.93. The van der Waals surface area contributed by atoms with Gasteiger partial charge in [0.25, 0.3) is 12.9 Å². The Morgan fingerprint density at radius 2 is 1.20 bits per heavy atom. The summed E-state index contributed by atoms with van der Waals surface area (Å²) in [4.78, 5) is 43.1. The molecule has 0 radical (unpaired) electrons. The largest absolute Gasteiger partial charge is 0.478 e. The molecule has 0 unspecified atom stereocenters. The van der Waals surface area contributed by atoms with Crippen molar-refractivity contribution in [2.24, 2.45) is 0 Å². The van der Waals surface area contributed by atoms with Crippen LogP contribution in [-0.2, 0) is 21.4 Å². The van der Waals surface area contributed by atoms with Crippen LogP contribution in [0.1, 0.15) is 31.8 Å². The van der Waals surface area contributed by atoms with Crippen LogP contribution in [0.25, 0.3) is 0 Å². The molecule has 0 spiro atoms. The first-order valence-corrected chi connectivity index (χ1v) is 7.69. The number of ether oxygens (including phenoxy) is 2. The highest BCUT2D eigenvalue weighted by molar-refractivity contribution is 6.01. The Morgan fingerprint density at radius 3 is 1.70 bits per heavy atom. The fourth-order valence-electron chi connectivity index (χ4n) is 2.46. The minimum absolute atomic E-state index is 0.114. The Kier molecular flexibility index (Phi) is 6.09. The van der Waals surface area contributed by atoms with Gasteiger partial charge in [-0.2, -0.15) is 17.6 Å². The van der Waals surface area contributed by atoms with E-state index in [1.165, 1.54) is 0 Å². The third-order valence-electron chi connectivity index (χ3n) is 3.89. The maximum atomic E-state index is 14.7. The summed E-state index contributed by atoms with van der Waals surface area (Å²) in [7, 11) is 0. The van der Waals surface area contributed by atoms with E-state index in [1.807, 2.05) is 0 Å². The Morgan fingerprint density at radius 1 is 0.733 bits per heavy atom. The van der Waals surface area contributed by atoms with Gasteiger partial charge in [-0.25, -0.2) is 9.59 Å². The summed E-state index contributed by atoms with van der Waals surface area (Å²) in [6, 6.07) is 2.46. The van der Waals surface area contributed by atoms with Crippen molar-refractivity contribution >= 4 is 24.9 Å². The number of hydrogen-bond donors (Lipinski definition) is 2. The van der Waals surface area contributed by atoms with Gasteiger partial charge in [0.1, 0.15) is 0 Å². The number of hydrogen-bond acceptors (Lipinski definition) is 6. The summed E-state index contributed by atoms with van der Waals surface area (Å²) in [5.74, 6) is -14.9. The van der Waals surface area contributed by atoms with Crippen LogP contribution in [0, 0.1) is 0 Å². The van der Waals surface area contributed by atoms with Crippen molar-refractivity contribution in [2.75, 3.05) is 0 Å². The van der Waals surface area contributed by atoms with Crippen LogP contribution in [-0.4, -0.2) is 35.1 Å². The molecule has 2 aromatic carbocycles. The number of carboxylic acids is 2. The van der Waals surface area contributed by atoms with Crippen LogP contribution in [0.3, 0.4) is 0 Å². The predicted molar refractivity (Wildman–Crippen MR) is 88.0 cm³/mol. The van der Waals surface area contributed by atoms with Gasteiger partial charge in [-0.15, -0.1) is 0 Å². The molecule has 12 heteroatoms. The summed E-state index contributed by atoms with van der Waals surface area (Å²) in [5, 5.41) is 17.9. The lowest BCUT2D eigenvalue weighted by molar-refractivity contribution is -0.223. The maximum Gasteiger partial charge on any atom is 0.339 e. The average molecular weight is 430 g/mol. The number of benzene rings is 2. The number of carbonyl (C=O) groups is 4. The van der Waals surface area contributed by atoms with Gasteiger partial charge in [0, 0.05) is 11.1 Å². The molecule has 158 valence electrons. The number of rotatable bonds is 9. The second-order valence-electron chi connectivity index (χ2n) is 5.61. The summed E-state index contributed by atoms with van der Waals surface area (Å²) >= 11 is 0. The number of aromatic carboxylic acids is 2. The minimum Gasteiger partial charge on any atom is -0.478 e. The van der Waals surface area contributed by atoms with Gasteiger partial charge in [-0.1, -0.05) is 6.07 Å². The second kappa shape index (κ2) is 8.19. The molecule has 0 heterocycles. The van der Waals surface area contributed by atoms with Gasteiger partial charge < -0.3 is 19.7 Å². The highest BCUT2D eigenvalue weighted by Gasteiger charge is 2.59. The Bertz CT molecular complexity index is 1020. The topological polar surface area (TPSA) is 127 Å². The molecule has 0 saturated carbocycles. The molecule has 8 nitrogen and oxygen atoms in total. The summed E-state index contributed by atoms with van der Waals surface area (Å²) in [6.07, 6.45) is 0. The molecule has 2 aromatic rings. The van der Waals surface area contributed by atoms with E-state index in [-0.39, 0.29) is 19.0 Å². The molecular formula is C18H10F4O8. The highest BCUT2D eigenvalue weighted by atomic mass is 19.3. The van der Waals surface area contributed by atoms with Crippen LogP contribution in [0.2, 0.25) is 0 Å². The van der Waals surface area contributed by atoms with Crippen LogP contribution in [0.5, 0.6) is 11.5 Å². The van der Waals surface area contributed by atoms with Gasteiger partial charge in [0.05, 0.1) is 11.1 Å². The van der Waals surface area contributed by atoms with E-state index in [0.717, 1.165) is 0 Å². The third-order valence-corrected chi connectivity index (χ3v) is 3.89. The molecule has 0 bridgehead atoms. The van der Waals surface area contributed by atoms with Crippen molar-refractivity contribution in [3.8, 4) is 11.5 Å². The van der Waals surface area contributed by atoms with E-state index >= 15 is 0 Å². The van der Waals surface area contributed by atoms with Crippen LogP contribution in [0.15, 0.2) is 36.4 Å². The number of carbonyl (C=O) groups excluding carboxylic acids is 2. The quantitative estimate of drug-likeness (QED) is 0.459. The molecule has 0 aliphatic rings. The van der Waals surface area contributed by atoms with Crippen molar-refractivity contribution in [1.29, 1.82) is 0 Å². The highest BCUT2D eigenvalue weighted by Crippen LogP contribution is 2.51. The maximum absolute atomic E-state index is 14.7. The molecule has 0 aliphatic carbocycles. The van der Waals surface area contributed by atoms with Crippen molar-refractivity contribution in [2.45, 2.75) is 11.8 Å². The molecular weight excluding hydrogens is 420 g/mol. The fourth-order valence-corrected chi connectivity index (χ4v) is 2.46. The van der Waals surface area contributed by atoms with Gasteiger partial charge in [-0.3, -0.25) is 9.59 Å². The molecule has 2 rings (SSSR count). The average Bonchev–Trinajstić information content (AvgIpc) is 2.68. The Balaban J connectivity index is 2.60. The molecule has 0 aromatic heterocycles. The van der Waals surface area contributed by atoms with E-state index in [2.05, 4.69) is 9.47 Å². The van der Waals surface area contributed by atoms with E-state index in [0.29, 0.717) is 30.3 Å². The number of alkyl halides is 4. The second-order valence-corrected chi connectivity index (χ2v) is 5.61. The molecule has 2 N–H and O–H groups in total. The van der Waals surface area contributed by atoms with E-state index in [9.17, 15) is 36.7 Å². The summed E-state index contributed by atoms with van der Waals surface area (Å²) < 4.78 is 67.4. The first kappa shape index (κ1) is 22.3. The molecule has 0 amide bonds. The lowest BCUT2D eigenvalue weighted by Crippen LogP contribution is -2.36. The van der Waals surface area contributed by atoms with E-state index < -0.39 is 57.5 Å². The molecule has 0 aliphatic heterocycles. The third kappa shape index (κ3) is 3.92. The molecule has 0 saturated heterocycles. The number of carboxylic acid groups (broad SMARTS) is 2. The molecule has 0 fully saturated rings. The monoisotopic (exact) mass is 430 g/mol. The Labute approximate surface area is 164 Å². The van der Waals surface area contributed by atoms with Crippen LogP contribution >= 0.6 is 0 Å². The van der Waals surface area contributed by atoms with Gasteiger partial charge >= 0.3 is 23.8 Å². The zero-order chi connectivity index (χ0) is 22.7. The SMILES string of the molecule is O=COc1ccc(C(F)(F)C(F)(F)c2ccc(C(=O)O)c(C(=O)O)c2)cc1OC=O. The van der Waals surface area contributed by atoms with Crippen LogP contribution in [0.4, 0.5) is 17.6 Å². The minimum atomic E-state index is -5.01. The predicted octanol–water partition coefficient (Wildman–Crippen LogP) is 3.04. The van der Waals surface area contributed by atoms with Crippen molar-refractivity contribution < 1.29 is 56.4 Å². The Hall–Kier alpha value is -3.96. The van der Waals surface area contributed by atoms with E-state index in [1.54, 1.807) is 0 Å². The van der Waals surface area contributed by atoms with Gasteiger partial charge in [0.2, 0.25) is 0 Å². The first-order valence-electron chi connectivity index (χ1n) is 7.69. The zero-order valence-electron chi connectivity index (χ0n) is 14.5. The van der Waals surface area contributed by atoms with Gasteiger partial charge in [-0.05, 0) is 30.3 Å². The van der Waals surface area contributed by atoms with Crippen molar-refractivity contribution in [3.63, 3.8) is 0 Å². The fraction of sp³-hybridized carbons (Fsp3) is 0.111. The molecule has 0 atom stereocenters. The normalized spacial score (nSPS) is 11.5. The van der Waals surface area contributed by atoms with E-state index in [4.69, 9.17) is 10.2 Å². The summed E-state index contributed by atoms with van der Waals surface area (Å²) in [5.41, 5.74) is -4.82. The van der Waals surface area contributed by atoms with Crippen molar-refractivity contribution in [3.05, 3.63) is 58.7 Å². The smallest absolute Gasteiger partial charge is 0.339 e. The zero-order valence-corrected chi connectivity index (χ0v) is 14.5. The standard InChI is InChI=1S/C18H10F4O8/c19-17(20,9-1-3-11(15(25)26)12(5-9)16(27)28)18(21,22)10-2-4-13(29-7-23)14(6-10)30-8-24/h1-8H,(H,25,26)(H,27,28).